The lowest BCUT2D eigenvalue weighted by molar-refractivity contribution is -0.135. The number of fused-ring (bicyclic) bond motifs is 8. The molecular formula is C38H38N12O3S2. The highest BCUT2D eigenvalue weighted by molar-refractivity contribution is 7.19. The molecule has 0 radical (unpaired) electrons. The van der Waals surface area contributed by atoms with Crippen LogP contribution in [0.1, 0.15) is 57.2 Å². The quantitative estimate of drug-likeness (QED) is 0.180. The van der Waals surface area contributed by atoms with E-state index in [9.17, 15) is 4.79 Å². The number of ether oxygens (including phenoxy) is 2. The van der Waals surface area contributed by atoms with Crippen molar-refractivity contribution >= 4 is 84.5 Å². The predicted octanol–water partition coefficient (Wildman–Crippen LogP) is 5.73. The highest BCUT2D eigenvalue weighted by Crippen LogP contribution is 2.40. The van der Waals surface area contributed by atoms with E-state index in [4.69, 9.17) is 9.47 Å². The van der Waals surface area contributed by atoms with E-state index < -0.39 is 0 Å². The Hall–Kier alpha value is -5.65. The van der Waals surface area contributed by atoms with E-state index in [1.165, 1.54) is 20.9 Å². The van der Waals surface area contributed by atoms with Crippen LogP contribution in [0.4, 0.5) is 23.0 Å². The lowest BCUT2D eigenvalue weighted by Crippen LogP contribution is -2.37. The van der Waals surface area contributed by atoms with Crippen molar-refractivity contribution in [1.82, 2.24) is 40.1 Å². The average Bonchev–Trinajstić information content (AvgIpc) is 4.01. The fraction of sp³-hybridized carbons (Fsp3) is 0.342. The Labute approximate surface area is 324 Å². The first kappa shape index (κ1) is 35.1. The summed E-state index contributed by atoms with van der Waals surface area (Å²) < 4.78 is 11.0. The zero-order valence-corrected chi connectivity index (χ0v) is 32.4. The van der Waals surface area contributed by atoms with Crippen LogP contribution in [0.15, 0.2) is 34.8 Å². The van der Waals surface area contributed by atoms with Crippen LogP contribution in [-0.4, -0.2) is 80.4 Å². The van der Waals surface area contributed by atoms with E-state index in [1.807, 2.05) is 43.3 Å². The van der Waals surface area contributed by atoms with E-state index in [0.29, 0.717) is 37.9 Å². The van der Waals surface area contributed by atoms with Gasteiger partial charge in [-0.2, -0.15) is 0 Å². The first-order valence-electron chi connectivity index (χ1n) is 18.1. The second-order valence-electron chi connectivity index (χ2n) is 13.8. The Bertz CT molecular complexity index is 2550. The second kappa shape index (κ2) is 14.5. The number of pyridine rings is 2. The van der Waals surface area contributed by atoms with Gasteiger partial charge in [-0.15, -0.1) is 22.7 Å². The molecule has 280 valence electrons. The van der Waals surface area contributed by atoms with Crippen LogP contribution in [0.5, 0.6) is 11.8 Å². The molecule has 0 saturated carbocycles. The number of hydrogen-bond acceptors (Lipinski definition) is 16. The molecule has 15 nitrogen and oxygen atoms in total. The summed E-state index contributed by atoms with van der Waals surface area (Å²) in [6.07, 6.45) is 8.63. The number of aliphatic imine (C=N–C) groups is 2. The van der Waals surface area contributed by atoms with E-state index >= 15 is 0 Å². The summed E-state index contributed by atoms with van der Waals surface area (Å²) in [7, 11) is 3.24. The zero-order valence-electron chi connectivity index (χ0n) is 30.8. The first-order chi connectivity index (χ1) is 26.9. The molecule has 0 saturated heterocycles. The number of nitrogens with zero attached hydrogens (tertiary/aromatic N) is 9. The minimum atomic E-state index is 0.00117. The summed E-state index contributed by atoms with van der Waals surface area (Å²) in [5.41, 5.74) is 7.96. The van der Waals surface area contributed by atoms with Gasteiger partial charge in [0.2, 0.25) is 17.7 Å². The van der Waals surface area contributed by atoms with Gasteiger partial charge in [0, 0.05) is 52.3 Å². The molecule has 0 unspecified atom stereocenters. The monoisotopic (exact) mass is 774 g/mol. The zero-order chi connectivity index (χ0) is 37.6. The summed E-state index contributed by atoms with van der Waals surface area (Å²) >= 11 is 3.37. The molecule has 10 rings (SSSR count). The predicted molar refractivity (Wildman–Crippen MR) is 215 cm³/mol. The number of aromatic nitrogens is 6. The Morgan fingerprint density at radius 2 is 1.36 bits per heavy atom. The van der Waals surface area contributed by atoms with E-state index in [2.05, 4.69) is 55.8 Å². The number of methoxy groups -OCH3 is 2. The van der Waals surface area contributed by atoms with Gasteiger partial charge in [0.1, 0.15) is 45.3 Å². The molecule has 4 aliphatic heterocycles. The maximum absolute atomic E-state index is 12.5. The van der Waals surface area contributed by atoms with Crippen LogP contribution in [0, 0.1) is 5.92 Å². The molecule has 0 aliphatic carbocycles. The van der Waals surface area contributed by atoms with Gasteiger partial charge in [-0.25, -0.2) is 29.9 Å². The first-order valence-corrected chi connectivity index (χ1v) is 19.7. The van der Waals surface area contributed by atoms with Crippen LogP contribution in [-0.2, 0) is 43.8 Å². The average molecular weight is 775 g/mol. The largest absolute Gasteiger partial charge is 0.480 e. The summed E-state index contributed by atoms with van der Waals surface area (Å²) in [6.45, 7) is 8.29. The summed E-state index contributed by atoms with van der Waals surface area (Å²) in [5.74, 6) is 2.81. The van der Waals surface area contributed by atoms with Gasteiger partial charge in [0.05, 0.1) is 56.0 Å². The highest BCUT2D eigenvalue weighted by atomic mass is 32.1. The van der Waals surface area contributed by atoms with Crippen molar-refractivity contribution in [2.75, 3.05) is 37.9 Å². The van der Waals surface area contributed by atoms with E-state index in [-0.39, 0.29) is 11.8 Å². The molecule has 6 aromatic heterocycles. The van der Waals surface area contributed by atoms with Gasteiger partial charge in [-0.1, -0.05) is 13.8 Å². The molecule has 0 fully saturated rings. The lowest BCUT2D eigenvalue weighted by Gasteiger charge is -2.28. The summed E-state index contributed by atoms with van der Waals surface area (Å²) in [4.78, 5) is 54.5. The minimum Gasteiger partial charge on any atom is -0.480 e. The van der Waals surface area contributed by atoms with Crippen LogP contribution in [0.2, 0.25) is 0 Å². The topological polar surface area (TPSA) is 177 Å². The molecule has 0 atom stereocenters. The Morgan fingerprint density at radius 3 is 1.93 bits per heavy atom. The molecule has 0 bridgehead atoms. The third-order valence-corrected chi connectivity index (χ3v) is 12.3. The third kappa shape index (κ3) is 6.51. The van der Waals surface area contributed by atoms with Gasteiger partial charge in [-0.3, -0.25) is 14.8 Å². The fourth-order valence-corrected chi connectivity index (χ4v) is 9.67. The number of carbonyl (C=O) groups excluding carboxylic acids is 1. The lowest BCUT2D eigenvalue weighted by atomic mass is 10.0. The summed E-state index contributed by atoms with van der Waals surface area (Å²) in [5, 5.41) is 12.4. The number of rotatable bonds is 7. The standard InChI is InChI=1S/C21H22N6O2S.C17H16N6OS/c1-11(2)21(28)27-5-4-13-16(9-27)30-20-17(13)18(23-10-24-20)25-14-6-12-7-22-8-15(12)26-19(14)29-3;1-24-16-11(4-9-5-19-6-12(9)23-16)22-15-14-10-2-3-18-7-13(10)25-17(14)21-8-20-15/h6-7,10-11H,4-5,8-9H2,1-3H3,(H,23,24,25);4-5,8,18H,2-3,6-7H2,1H3,(H,20,21,22). The normalized spacial score (nSPS) is 15.0. The Morgan fingerprint density at radius 1 is 0.800 bits per heavy atom. The number of hydrogen-bond donors (Lipinski definition) is 3. The van der Waals surface area contributed by atoms with Crippen molar-refractivity contribution in [2.45, 2.75) is 52.9 Å². The van der Waals surface area contributed by atoms with Gasteiger partial charge in [-0.05, 0) is 42.6 Å². The van der Waals surface area contributed by atoms with E-state index in [1.54, 1.807) is 49.5 Å². The molecule has 0 aromatic carbocycles. The molecule has 10 heterocycles. The Balaban J connectivity index is 0.000000147. The molecule has 55 heavy (non-hydrogen) atoms. The number of thiophene rings is 2. The number of amides is 1. The molecule has 3 N–H and O–H groups in total. The second-order valence-corrected chi connectivity index (χ2v) is 15.9. The molecule has 6 aromatic rings. The summed E-state index contributed by atoms with van der Waals surface area (Å²) in [6, 6.07) is 4.01. The van der Waals surface area contributed by atoms with Crippen molar-refractivity contribution in [3.8, 4) is 11.8 Å². The van der Waals surface area contributed by atoms with Gasteiger partial charge in [0.15, 0.2) is 0 Å². The van der Waals surface area contributed by atoms with Gasteiger partial charge < -0.3 is 30.3 Å². The van der Waals surface area contributed by atoms with Crippen molar-refractivity contribution in [1.29, 1.82) is 0 Å². The number of carbonyl (C=O) groups is 1. The molecule has 0 spiro atoms. The molecule has 4 aliphatic rings. The van der Waals surface area contributed by atoms with E-state index in [0.717, 1.165) is 91.9 Å². The molecular weight excluding hydrogens is 737 g/mol. The SMILES string of the molecule is COc1nc2c(cc1Nc1ncnc3sc4c(c13)CCN(C(=O)C(C)C)C4)C=NC2.COc1nc2c(cc1Nc1ncnc3sc4c(c13)CCNC4)C=NC2. The van der Waals surface area contributed by atoms with Gasteiger partial charge in [0.25, 0.3) is 0 Å². The van der Waals surface area contributed by atoms with Crippen LogP contribution in [0.25, 0.3) is 20.4 Å². The fourth-order valence-electron chi connectivity index (χ4n) is 7.31. The molecule has 17 heteroatoms. The van der Waals surface area contributed by atoms with Crippen molar-refractivity contribution in [3.05, 3.63) is 68.2 Å². The van der Waals surface area contributed by atoms with Crippen LogP contribution in [0.3, 0.4) is 0 Å². The smallest absolute Gasteiger partial charge is 0.237 e. The maximum Gasteiger partial charge on any atom is 0.237 e. The third-order valence-electron chi connectivity index (χ3n) is 9.99. The Kier molecular flexibility index (Phi) is 9.27. The number of anilines is 4. The molecule has 1 amide bonds. The van der Waals surface area contributed by atoms with Crippen LogP contribution >= 0.6 is 22.7 Å². The van der Waals surface area contributed by atoms with Crippen molar-refractivity contribution in [2.24, 2.45) is 15.9 Å². The number of nitrogens with one attached hydrogen (secondary N) is 3. The minimum absolute atomic E-state index is 0.00117. The highest BCUT2D eigenvalue weighted by Gasteiger charge is 2.28. The van der Waals surface area contributed by atoms with Crippen molar-refractivity contribution < 1.29 is 14.3 Å². The maximum atomic E-state index is 12.5. The van der Waals surface area contributed by atoms with Gasteiger partial charge >= 0.3 is 0 Å². The van der Waals surface area contributed by atoms with Crippen LogP contribution < -0.4 is 25.4 Å². The van der Waals surface area contributed by atoms with Crippen molar-refractivity contribution in [3.63, 3.8) is 0 Å².